The fourth-order valence-electron chi connectivity index (χ4n) is 1.47. The van der Waals surface area contributed by atoms with Gasteiger partial charge in [-0.1, -0.05) is 0 Å². The van der Waals surface area contributed by atoms with Crippen molar-refractivity contribution in [1.82, 2.24) is 0 Å². The number of anilines is 1. The topological polar surface area (TPSA) is 64.3 Å². The molecule has 0 radical (unpaired) electrons. The van der Waals surface area contributed by atoms with Crippen molar-refractivity contribution in [3.63, 3.8) is 0 Å². The van der Waals surface area contributed by atoms with E-state index in [1.165, 1.54) is 4.90 Å². The van der Waals surface area contributed by atoms with Gasteiger partial charge in [0.05, 0.1) is 11.6 Å². The molecule has 16 heavy (non-hydrogen) atoms. The molecule has 1 rings (SSSR count). The third kappa shape index (κ3) is 2.51. The van der Waals surface area contributed by atoms with E-state index >= 15 is 0 Å². The van der Waals surface area contributed by atoms with E-state index in [1.807, 2.05) is 26.8 Å². The van der Waals surface area contributed by atoms with E-state index in [0.717, 1.165) is 0 Å². The van der Waals surface area contributed by atoms with Gasteiger partial charge in [-0.05, 0) is 45.0 Å². The van der Waals surface area contributed by atoms with Crippen molar-refractivity contribution in [2.45, 2.75) is 26.3 Å². The Morgan fingerprint density at radius 1 is 1.31 bits per heavy atom. The summed E-state index contributed by atoms with van der Waals surface area (Å²) in [7, 11) is 0. The van der Waals surface area contributed by atoms with Gasteiger partial charge in [-0.25, -0.2) is 4.79 Å². The Labute approximate surface area is 94.7 Å². The molecule has 4 nitrogen and oxygen atoms in total. The molecule has 0 aliphatic rings. The number of hydrogen-bond acceptors (Lipinski definition) is 2. The highest BCUT2D eigenvalue weighted by Gasteiger charge is 2.27. The summed E-state index contributed by atoms with van der Waals surface area (Å²) in [6, 6.07) is 8.49. The molecule has 0 spiro atoms. The van der Waals surface area contributed by atoms with Crippen LogP contribution in [0.3, 0.4) is 0 Å². The number of benzene rings is 1. The molecule has 0 atom stereocenters. The average molecular weight is 218 g/mol. The van der Waals surface area contributed by atoms with Crippen molar-refractivity contribution >= 4 is 11.8 Å². The number of carbonyl (C=O) groups is 1. The van der Waals surface area contributed by atoms with Crippen LogP contribution in [0.25, 0.3) is 0 Å². The summed E-state index contributed by atoms with van der Waals surface area (Å²) >= 11 is 0. The molecule has 0 heterocycles. The number of nitriles is 1. The molecule has 0 aliphatic carbocycles. The Balaban J connectivity index is 3.14. The molecule has 0 aromatic heterocycles. The average Bonchev–Trinajstić information content (AvgIpc) is 2.16. The van der Waals surface area contributed by atoms with Crippen molar-refractivity contribution in [2.75, 3.05) is 4.90 Å². The second-order valence-corrected chi connectivity index (χ2v) is 4.45. The van der Waals surface area contributed by atoms with Crippen LogP contribution in [0.1, 0.15) is 26.3 Å². The fourth-order valence-corrected chi connectivity index (χ4v) is 1.47. The molecule has 1 aromatic carbocycles. The van der Waals surface area contributed by atoms with E-state index in [2.05, 4.69) is 0 Å². The summed E-state index contributed by atoms with van der Waals surface area (Å²) in [5.74, 6) is 0. The molecule has 84 valence electrons. The summed E-state index contributed by atoms with van der Waals surface area (Å²) in [6.45, 7) is 5.46. The largest absolute Gasteiger partial charge is 0.465 e. The molecule has 0 aliphatic heterocycles. The molecule has 1 N–H and O–H groups in total. The van der Waals surface area contributed by atoms with Crippen LogP contribution in [-0.4, -0.2) is 16.7 Å². The van der Waals surface area contributed by atoms with Crippen LogP contribution in [0, 0.1) is 11.3 Å². The van der Waals surface area contributed by atoms with Crippen LogP contribution in [0.4, 0.5) is 10.5 Å². The minimum atomic E-state index is -1.00. The molecule has 0 saturated carbocycles. The predicted molar refractivity (Wildman–Crippen MR) is 61.4 cm³/mol. The summed E-state index contributed by atoms with van der Waals surface area (Å²) in [5, 5.41) is 17.8. The van der Waals surface area contributed by atoms with Gasteiger partial charge >= 0.3 is 6.09 Å². The van der Waals surface area contributed by atoms with Gasteiger partial charge in [0.1, 0.15) is 0 Å². The number of nitrogens with zero attached hydrogens (tertiary/aromatic N) is 2. The van der Waals surface area contributed by atoms with Gasteiger partial charge in [0.2, 0.25) is 0 Å². The summed E-state index contributed by atoms with van der Waals surface area (Å²) < 4.78 is 0. The van der Waals surface area contributed by atoms with Crippen LogP contribution in [-0.2, 0) is 0 Å². The highest BCUT2D eigenvalue weighted by Crippen LogP contribution is 2.24. The van der Waals surface area contributed by atoms with Crippen molar-refractivity contribution in [3.05, 3.63) is 29.8 Å². The van der Waals surface area contributed by atoms with Gasteiger partial charge in [-0.2, -0.15) is 5.26 Å². The molecule has 0 fully saturated rings. The lowest BCUT2D eigenvalue weighted by molar-refractivity contribution is 0.195. The van der Waals surface area contributed by atoms with Gasteiger partial charge in [0, 0.05) is 11.2 Å². The Kier molecular flexibility index (Phi) is 3.19. The first-order valence-corrected chi connectivity index (χ1v) is 4.89. The van der Waals surface area contributed by atoms with Crippen LogP contribution >= 0.6 is 0 Å². The maximum Gasteiger partial charge on any atom is 0.412 e. The Bertz CT molecular complexity index is 424. The molecule has 0 bridgehead atoms. The van der Waals surface area contributed by atoms with Crippen LogP contribution in [0.5, 0.6) is 0 Å². The van der Waals surface area contributed by atoms with Crippen molar-refractivity contribution in [3.8, 4) is 6.07 Å². The summed E-state index contributed by atoms with van der Waals surface area (Å²) in [6.07, 6.45) is -1.00. The Morgan fingerprint density at radius 2 is 1.81 bits per heavy atom. The minimum absolute atomic E-state index is 0.514. The maximum absolute atomic E-state index is 11.2. The molecule has 0 unspecified atom stereocenters. The number of rotatable bonds is 1. The second-order valence-electron chi connectivity index (χ2n) is 4.45. The molecule has 1 aromatic rings. The first-order chi connectivity index (χ1) is 7.36. The number of hydrogen-bond donors (Lipinski definition) is 1. The SMILES string of the molecule is CC(C)(C)N(C(=O)O)c1ccc(C#N)cc1. The standard InChI is InChI=1S/C12H14N2O2/c1-12(2,3)14(11(15)16)10-6-4-9(8-13)5-7-10/h4-7H,1-3H3,(H,15,16). The lowest BCUT2D eigenvalue weighted by atomic mass is 10.1. The monoisotopic (exact) mass is 218 g/mol. The summed E-state index contributed by atoms with van der Waals surface area (Å²) in [5.41, 5.74) is 0.571. The maximum atomic E-state index is 11.2. The van der Waals surface area contributed by atoms with E-state index < -0.39 is 11.6 Å². The van der Waals surface area contributed by atoms with E-state index in [0.29, 0.717) is 11.3 Å². The predicted octanol–water partition coefficient (Wildman–Crippen LogP) is 2.84. The molecule has 0 saturated heterocycles. The first-order valence-electron chi connectivity index (χ1n) is 4.89. The summed E-state index contributed by atoms with van der Waals surface area (Å²) in [4.78, 5) is 12.4. The Hall–Kier alpha value is -2.02. The van der Waals surface area contributed by atoms with Crippen LogP contribution < -0.4 is 4.90 Å². The second kappa shape index (κ2) is 4.23. The normalized spacial score (nSPS) is 10.6. The van der Waals surface area contributed by atoms with Crippen molar-refractivity contribution < 1.29 is 9.90 Å². The van der Waals surface area contributed by atoms with Crippen molar-refractivity contribution in [1.29, 1.82) is 5.26 Å². The zero-order valence-corrected chi connectivity index (χ0v) is 9.56. The molecular weight excluding hydrogens is 204 g/mol. The first kappa shape index (κ1) is 12.1. The molecular formula is C12H14N2O2. The number of amides is 1. The molecule has 4 heteroatoms. The molecule has 1 amide bonds. The van der Waals surface area contributed by atoms with Crippen molar-refractivity contribution in [2.24, 2.45) is 0 Å². The quantitative estimate of drug-likeness (QED) is 0.788. The lowest BCUT2D eigenvalue weighted by Crippen LogP contribution is -2.45. The van der Waals surface area contributed by atoms with E-state index in [9.17, 15) is 4.79 Å². The van der Waals surface area contributed by atoms with E-state index in [-0.39, 0.29) is 0 Å². The van der Waals surface area contributed by atoms with Gasteiger partial charge in [0.25, 0.3) is 0 Å². The van der Waals surface area contributed by atoms with Gasteiger partial charge < -0.3 is 5.11 Å². The highest BCUT2D eigenvalue weighted by atomic mass is 16.4. The third-order valence-electron chi connectivity index (χ3n) is 2.12. The minimum Gasteiger partial charge on any atom is -0.465 e. The van der Waals surface area contributed by atoms with E-state index in [1.54, 1.807) is 24.3 Å². The number of carboxylic acid groups (broad SMARTS) is 1. The zero-order chi connectivity index (χ0) is 12.3. The smallest absolute Gasteiger partial charge is 0.412 e. The van der Waals surface area contributed by atoms with Gasteiger partial charge in [0.15, 0.2) is 0 Å². The fraction of sp³-hybridized carbons (Fsp3) is 0.333. The third-order valence-corrected chi connectivity index (χ3v) is 2.12. The van der Waals surface area contributed by atoms with E-state index in [4.69, 9.17) is 10.4 Å². The van der Waals surface area contributed by atoms with Gasteiger partial charge in [-0.15, -0.1) is 0 Å². The lowest BCUT2D eigenvalue weighted by Gasteiger charge is -2.33. The van der Waals surface area contributed by atoms with Gasteiger partial charge in [-0.3, -0.25) is 4.90 Å². The Morgan fingerprint density at radius 3 is 2.12 bits per heavy atom. The highest BCUT2D eigenvalue weighted by molar-refractivity contribution is 5.87. The van der Waals surface area contributed by atoms with Crippen LogP contribution in [0.15, 0.2) is 24.3 Å². The zero-order valence-electron chi connectivity index (χ0n) is 9.56. The van der Waals surface area contributed by atoms with Crippen LogP contribution in [0.2, 0.25) is 0 Å².